The van der Waals surface area contributed by atoms with Gasteiger partial charge in [-0.15, -0.1) is 0 Å². The van der Waals surface area contributed by atoms with Crippen LogP contribution in [0.25, 0.3) is 0 Å². The first kappa shape index (κ1) is 24.3. The van der Waals surface area contributed by atoms with Gasteiger partial charge < -0.3 is 29.1 Å². The van der Waals surface area contributed by atoms with Gasteiger partial charge in [-0.1, -0.05) is 18.5 Å². The summed E-state index contributed by atoms with van der Waals surface area (Å²) in [5.74, 6) is 0.544. The molecule has 4 heterocycles. The van der Waals surface area contributed by atoms with Crippen molar-refractivity contribution in [2.24, 2.45) is 5.92 Å². The third-order valence-electron chi connectivity index (χ3n) is 6.63. The highest BCUT2D eigenvalue weighted by Crippen LogP contribution is 2.33. The molecule has 2 aromatic rings. The minimum atomic E-state index is -0.813. The van der Waals surface area contributed by atoms with Crippen LogP contribution in [0.5, 0.6) is 11.8 Å². The molecule has 0 spiro atoms. The summed E-state index contributed by atoms with van der Waals surface area (Å²) in [5, 5.41) is 9.86. The highest BCUT2D eigenvalue weighted by molar-refractivity contribution is 6.33. The predicted molar refractivity (Wildman–Crippen MR) is 129 cm³/mol. The van der Waals surface area contributed by atoms with E-state index in [0.29, 0.717) is 29.7 Å². The number of hydrogen-bond donors (Lipinski definition) is 1. The Hall–Kier alpha value is -2.78. The number of carboxylic acids is 1. The Morgan fingerprint density at radius 1 is 1.21 bits per heavy atom. The summed E-state index contributed by atoms with van der Waals surface area (Å²) < 4.78 is 16.9. The lowest BCUT2D eigenvalue weighted by atomic mass is 9.96. The van der Waals surface area contributed by atoms with E-state index >= 15 is 0 Å². The van der Waals surface area contributed by atoms with Gasteiger partial charge in [-0.25, -0.2) is 9.97 Å². The Labute approximate surface area is 204 Å². The predicted octanol–water partition coefficient (Wildman–Crippen LogP) is 3.50. The van der Waals surface area contributed by atoms with E-state index in [1.165, 1.54) is 0 Å². The molecule has 0 aliphatic carbocycles. The summed E-state index contributed by atoms with van der Waals surface area (Å²) >= 11 is 6.38. The van der Waals surface area contributed by atoms with E-state index in [1.807, 2.05) is 18.2 Å². The van der Waals surface area contributed by atoms with Crippen LogP contribution in [0.1, 0.15) is 26.2 Å². The topological polar surface area (TPSA) is 97.2 Å². The molecule has 4 atom stereocenters. The van der Waals surface area contributed by atoms with Gasteiger partial charge in [0.05, 0.1) is 48.4 Å². The van der Waals surface area contributed by atoms with E-state index in [0.717, 1.165) is 30.9 Å². The molecular formula is C24H31ClN4O5. The number of halogens is 1. The van der Waals surface area contributed by atoms with Crippen molar-refractivity contribution in [3.8, 4) is 11.8 Å². The highest BCUT2D eigenvalue weighted by atomic mass is 35.5. The summed E-state index contributed by atoms with van der Waals surface area (Å²) in [6.07, 6.45) is 5.00. The van der Waals surface area contributed by atoms with Crippen LogP contribution in [-0.2, 0) is 9.53 Å². The van der Waals surface area contributed by atoms with E-state index in [2.05, 4.69) is 26.7 Å². The van der Waals surface area contributed by atoms with Gasteiger partial charge in [0.25, 0.3) is 0 Å². The second-order valence-electron chi connectivity index (χ2n) is 8.90. The van der Waals surface area contributed by atoms with Crippen molar-refractivity contribution in [3.05, 3.63) is 35.6 Å². The van der Waals surface area contributed by atoms with Gasteiger partial charge in [-0.3, -0.25) is 4.79 Å². The molecule has 0 amide bonds. The largest absolute Gasteiger partial charge is 0.481 e. The molecule has 184 valence electrons. The summed E-state index contributed by atoms with van der Waals surface area (Å²) in [4.78, 5) is 24.2. The Morgan fingerprint density at radius 3 is 2.65 bits per heavy atom. The molecule has 4 unspecified atom stereocenters. The van der Waals surface area contributed by atoms with Crippen LogP contribution in [0.4, 0.5) is 11.4 Å². The van der Waals surface area contributed by atoms with Crippen LogP contribution < -0.4 is 19.3 Å². The zero-order valence-corrected chi connectivity index (χ0v) is 20.4. The van der Waals surface area contributed by atoms with E-state index in [9.17, 15) is 9.90 Å². The van der Waals surface area contributed by atoms with E-state index in [4.69, 9.17) is 25.8 Å². The van der Waals surface area contributed by atoms with Gasteiger partial charge in [-0.05, 0) is 12.5 Å². The van der Waals surface area contributed by atoms with Crippen molar-refractivity contribution < 1.29 is 24.1 Å². The number of aromatic nitrogens is 2. The monoisotopic (exact) mass is 490 g/mol. The Morgan fingerprint density at radius 2 is 2.00 bits per heavy atom. The molecule has 0 bridgehead atoms. The van der Waals surface area contributed by atoms with Crippen LogP contribution in [0.15, 0.2) is 30.6 Å². The Bertz CT molecular complexity index is 992. The zero-order chi connectivity index (χ0) is 24.2. The average Bonchev–Trinajstić information content (AvgIpc) is 3.23. The normalized spacial score (nSPS) is 24.8. The fourth-order valence-corrected chi connectivity index (χ4v) is 5.03. The van der Waals surface area contributed by atoms with Gasteiger partial charge in [-0.2, -0.15) is 0 Å². The Balaban J connectivity index is 1.38. The van der Waals surface area contributed by atoms with Gasteiger partial charge >= 0.3 is 5.97 Å². The second-order valence-corrected chi connectivity index (χ2v) is 9.31. The molecule has 2 fully saturated rings. The van der Waals surface area contributed by atoms with Crippen molar-refractivity contribution in [2.75, 3.05) is 43.7 Å². The first-order valence-corrected chi connectivity index (χ1v) is 11.8. The number of anilines is 2. The molecule has 2 saturated heterocycles. The lowest BCUT2D eigenvalue weighted by molar-refractivity contribution is -0.137. The van der Waals surface area contributed by atoms with Gasteiger partial charge in [0, 0.05) is 57.3 Å². The fourth-order valence-electron chi connectivity index (χ4n) is 4.80. The number of carbonyl (C=O) groups is 1. The summed E-state index contributed by atoms with van der Waals surface area (Å²) in [5.41, 5.74) is 1.79. The average molecular weight is 491 g/mol. The van der Waals surface area contributed by atoms with E-state index in [1.54, 1.807) is 26.6 Å². The number of ether oxygens (including phenoxy) is 3. The molecule has 0 aromatic carbocycles. The lowest BCUT2D eigenvalue weighted by Crippen LogP contribution is -2.44. The number of carboxylic acid groups (broad SMARTS) is 1. The van der Waals surface area contributed by atoms with Gasteiger partial charge in [0.2, 0.25) is 11.8 Å². The number of hydrogen-bond acceptors (Lipinski definition) is 8. The molecule has 2 aliphatic heterocycles. The smallest absolute Gasteiger partial charge is 0.305 e. The van der Waals surface area contributed by atoms with Crippen LogP contribution in [0.3, 0.4) is 0 Å². The third-order valence-corrected chi connectivity index (χ3v) is 6.92. The summed E-state index contributed by atoms with van der Waals surface area (Å²) in [6.45, 7) is 4.39. The quantitative estimate of drug-likeness (QED) is 0.596. The van der Waals surface area contributed by atoms with Crippen LogP contribution >= 0.6 is 11.6 Å². The molecule has 2 aromatic heterocycles. The van der Waals surface area contributed by atoms with Gasteiger partial charge in [0.1, 0.15) is 6.10 Å². The summed E-state index contributed by atoms with van der Waals surface area (Å²) in [7, 11) is 3.25. The fraction of sp³-hybridized carbons (Fsp3) is 0.542. The number of piperidine rings is 1. The van der Waals surface area contributed by atoms with Crippen LogP contribution in [0, 0.1) is 5.92 Å². The molecule has 2 aliphatic rings. The first-order valence-electron chi connectivity index (χ1n) is 11.5. The molecule has 4 rings (SSSR count). The minimum absolute atomic E-state index is 0.0141. The number of aliphatic carboxylic acids is 1. The maximum absolute atomic E-state index is 11.3. The molecule has 10 heteroatoms. The van der Waals surface area contributed by atoms with Crippen molar-refractivity contribution in [1.29, 1.82) is 0 Å². The first-order chi connectivity index (χ1) is 16.4. The van der Waals surface area contributed by atoms with E-state index in [-0.39, 0.29) is 30.6 Å². The second kappa shape index (κ2) is 10.7. The number of nitrogens with zero attached hydrogens (tertiary/aromatic N) is 4. The zero-order valence-electron chi connectivity index (χ0n) is 19.7. The number of pyridine rings is 2. The standard InChI is InChI=1S/C24H31ClN4O5/c1-15-13-28(20-10-23(33-3)27-12-19(20)25)7-6-21(15)34-22-5-4-16(11-26-22)29-14-18(32-2)8-17(29)9-24(30)31/h4-5,10-12,15,17-18,21H,6-9,13-14H2,1-3H3,(H,30,31). The number of rotatable bonds is 8. The van der Waals surface area contributed by atoms with Gasteiger partial charge in [0.15, 0.2) is 0 Å². The summed E-state index contributed by atoms with van der Waals surface area (Å²) in [6, 6.07) is 5.55. The molecule has 9 nitrogen and oxygen atoms in total. The maximum atomic E-state index is 11.3. The van der Waals surface area contributed by atoms with Crippen LogP contribution in [0.2, 0.25) is 5.02 Å². The van der Waals surface area contributed by atoms with Crippen molar-refractivity contribution in [3.63, 3.8) is 0 Å². The highest BCUT2D eigenvalue weighted by Gasteiger charge is 2.34. The minimum Gasteiger partial charge on any atom is -0.481 e. The van der Waals surface area contributed by atoms with Crippen molar-refractivity contribution >= 4 is 28.9 Å². The molecule has 1 N–H and O–H groups in total. The maximum Gasteiger partial charge on any atom is 0.305 e. The lowest BCUT2D eigenvalue weighted by Gasteiger charge is -2.38. The Kier molecular flexibility index (Phi) is 7.63. The van der Waals surface area contributed by atoms with Crippen molar-refractivity contribution in [2.45, 2.75) is 44.4 Å². The van der Waals surface area contributed by atoms with E-state index < -0.39 is 5.97 Å². The third kappa shape index (κ3) is 5.47. The SMILES string of the molecule is COc1cc(N2CCC(Oc3ccc(N4CC(OC)CC4CC(=O)O)cn3)C(C)C2)c(Cl)cn1. The molecular weight excluding hydrogens is 460 g/mol. The molecule has 0 radical (unpaired) electrons. The molecule has 34 heavy (non-hydrogen) atoms. The van der Waals surface area contributed by atoms with Crippen LogP contribution in [-0.4, -0.2) is 73.1 Å². The van der Waals surface area contributed by atoms with Crippen molar-refractivity contribution in [1.82, 2.24) is 9.97 Å². The molecule has 0 saturated carbocycles. The number of methoxy groups -OCH3 is 2.